The molecule has 0 fully saturated rings. The predicted octanol–water partition coefficient (Wildman–Crippen LogP) is 2.79. The lowest BCUT2D eigenvalue weighted by atomic mass is 10.1. The molecular formula is C19H26NO2+. The number of hydrogen-bond acceptors (Lipinski definition) is 2. The maximum absolute atomic E-state index is 5.18. The largest absolute Gasteiger partial charge is 0.497 e. The minimum Gasteiger partial charge on any atom is -0.497 e. The molecule has 118 valence electrons. The Balaban J connectivity index is 1.73. The van der Waals surface area contributed by atoms with Crippen molar-refractivity contribution in [2.45, 2.75) is 32.4 Å². The Hall–Kier alpha value is -2.00. The van der Waals surface area contributed by atoms with Crippen LogP contribution in [0.2, 0.25) is 0 Å². The van der Waals surface area contributed by atoms with E-state index in [-0.39, 0.29) is 0 Å². The van der Waals surface area contributed by atoms with E-state index < -0.39 is 0 Å². The van der Waals surface area contributed by atoms with Gasteiger partial charge in [-0.25, -0.2) is 0 Å². The Kier molecular flexibility index (Phi) is 6.28. The zero-order chi connectivity index (χ0) is 15.8. The summed E-state index contributed by atoms with van der Waals surface area (Å²) >= 11 is 0. The van der Waals surface area contributed by atoms with E-state index in [2.05, 4.69) is 36.5 Å². The van der Waals surface area contributed by atoms with Crippen LogP contribution in [0.3, 0.4) is 0 Å². The Morgan fingerprint density at radius 2 is 1.32 bits per heavy atom. The highest BCUT2D eigenvalue weighted by molar-refractivity contribution is 5.27. The first-order chi connectivity index (χ1) is 10.7. The molecule has 0 aliphatic rings. The molecule has 2 aromatic rings. The van der Waals surface area contributed by atoms with Gasteiger partial charge in [0.2, 0.25) is 0 Å². The molecule has 0 saturated heterocycles. The normalized spacial score (nSPS) is 12.0. The molecule has 0 aliphatic carbocycles. The second-order valence-electron chi connectivity index (χ2n) is 5.65. The topological polar surface area (TPSA) is 35.1 Å². The summed E-state index contributed by atoms with van der Waals surface area (Å²) in [7, 11) is 3.40. The lowest BCUT2D eigenvalue weighted by Crippen LogP contribution is -2.87. The first-order valence-electron chi connectivity index (χ1n) is 7.80. The van der Waals surface area contributed by atoms with Gasteiger partial charge < -0.3 is 14.8 Å². The third kappa shape index (κ3) is 5.08. The van der Waals surface area contributed by atoms with Gasteiger partial charge in [-0.2, -0.15) is 0 Å². The summed E-state index contributed by atoms with van der Waals surface area (Å²) in [5.41, 5.74) is 2.70. The fourth-order valence-electron chi connectivity index (χ4n) is 2.40. The highest BCUT2D eigenvalue weighted by atomic mass is 16.5. The van der Waals surface area contributed by atoms with E-state index in [1.807, 2.05) is 24.3 Å². The first kappa shape index (κ1) is 16.4. The van der Waals surface area contributed by atoms with Gasteiger partial charge in [0, 0.05) is 12.0 Å². The van der Waals surface area contributed by atoms with Gasteiger partial charge in [-0.05, 0) is 55.3 Å². The fraction of sp³-hybridized carbons (Fsp3) is 0.368. The number of ether oxygens (including phenoxy) is 2. The third-order valence-electron chi connectivity index (χ3n) is 3.96. The molecule has 0 radical (unpaired) electrons. The third-order valence-corrected chi connectivity index (χ3v) is 3.96. The molecule has 0 heterocycles. The molecule has 0 unspecified atom stereocenters. The van der Waals surface area contributed by atoms with Gasteiger partial charge in [0.1, 0.15) is 18.0 Å². The second kappa shape index (κ2) is 8.44. The predicted molar refractivity (Wildman–Crippen MR) is 89.4 cm³/mol. The molecule has 0 amide bonds. The summed E-state index contributed by atoms with van der Waals surface area (Å²) in [6.07, 6.45) is 2.27. The Morgan fingerprint density at radius 3 is 1.82 bits per heavy atom. The van der Waals surface area contributed by atoms with E-state index in [4.69, 9.17) is 9.47 Å². The summed E-state index contributed by atoms with van der Waals surface area (Å²) in [6.45, 7) is 3.29. The lowest BCUT2D eigenvalue weighted by molar-refractivity contribution is -0.701. The fourth-order valence-corrected chi connectivity index (χ4v) is 2.40. The van der Waals surface area contributed by atoms with Crippen LogP contribution in [-0.4, -0.2) is 20.3 Å². The van der Waals surface area contributed by atoms with Crippen molar-refractivity contribution in [2.75, 3.05) is 14.2 Å². The van der Waals surface area contributed by atoms with E-state index in [0.717, 1.165) is 24.5 Å². The van der Waals surface area contributed by atoms with Crippen molar-refractivity contribution in [1.82, 2.24) is 0 Å². The highest BCUT2D eigenvalue weighted by Crippen LogP contribution is 2.13. The van der Waals surface area contributed by atoms with Gasteiger partial charge in [-0.15, -0.1) is 0 Å². The standard InChI is InChI=1S/C19H25NO2/c1-15(4-5-16-6-10-18(21-2)11-7-16)20-14-17-8-12-19(22-3)13-9-17/h6-13,15,20H,4-5,14H2,1-3H3/p+1/t15-/m0/s1. The van der Waals surface area contributed by atoms with Gasteiger partial charge >= 0.3 is 0 Å². The van der Waals surface area contributed by atoms with E-state index in [9.17, 15) is 0 Å². The van der Waals surface area contributed by atoms with Gasteiger partial charge in [-0.1, -0.05) is 12.1 Å². The SMILES string of the molecule is COc1ccc(CC[C@H](C)[NH2+]Cc2ccc(OC)cc2)cc1. The summed E-state index contributed by atoms with van der Waals surface area (Å²) in [5, 5.41) is 2.39. The number of nitrogens with two attached hydrogens (primary N) is 1. The Labute approximate surface area is 133 Å². The molecule has 1 atom stereocenters. The van der Waals surface area contributed by atoms with Crippen LogP contribution in [0.15, 0.2) is 48.5 Å². The van der Waals surface area contributed by atoms with E-state index in [0.29, 0.717) is 6.04 Å². The van der Waals surface area contributed by atoms with Crippen molar-refractivity contribution in [3.8, 4) is 11.5 Å². The average molecular weight is 300 g/mol. The molecule has 22 heavy (non-hydrogen) atoms. The van der Waals surface area contributed by atoms with Crippen molar-refractivity contribution in [2.24, 2.45) is 0 Å². The number of methoxy groups -OCH3 is 2. The molecule has 0 aliphatic heterocycles. The zero-order valence-electron chi connectivity index (χ0n) is 13.7. The van der Waals surface area contributed by atoms with E-state index >= 15 is 0 Å². The Morgan fingerprint density at radius 1 is 0.818 bits per heavy atom. The summed E-state index contributed by atoms with van der Waals surface area (Å²) in [6, 6.07) is 17.3. The first-order valence-corrected chi connectivity index (χ1v) is 7.80. The molecule has 3 nitrogen and oxygen atoms in total. The van der Waals surface area contributed by atoms with Gasteiger partial charge in [-0.3, -0.25) is 0 Å². The molecule has 0 spiro atoms. The second-order valence-corrected chi connectivity index (χ2v) is 5.65. The lowest BCUT2D eigenvalue weighted by Gasteiger charge is -2.11. The van der Waals surface area contributed by atoms with Gasteiger partial charge in [0.15, 0.2) is 0 Å². The van der Waals surface area contributed by atoms with Crippen molar-refractivity contribution in [1.29, 1.82) is 0 Å². The molecule has 2 N–H and O–H groups in total. The zero-order valence-corrected chi connectivity index (χ0v) is 13.7. The highest BCUT2D eigenvalue weighted by Gasteiger charge is 2.06. The van der Waals surface area contributed by atoms with Crippen molar-refractivity contribution in [3.05, 3.63) is 59.7 Å². The average Bonchev–Trinajstić information content (AvgIpc) is 2.59. The van der Waals surface area contributed by atoms with Crippen molar-refractivity contribution in [3.63, 3.8) is 0 Å². The minimum absolute atomic E-state index is 0.601. The van der Waals surface area contributed by atoms with Crippen LogP contribution in [0.5, 0.6) is 11.5 Å². The molecule has 2 rings (SSSR count). The van der Waals surface area contributed by atoms with Gasteiger partial charge in [0.05, 0.1) is 20.3 Å². The smallest absolute Gasteiger partial charge is 0.118 e. The molecule has 0 bridgehead atoms. The van der Waals surface area contributed by atoms with Crippen LogP contribution >= 0.6 is 0 Å². The van der Waals surface area contributed by atoms with Crippen LogP contribution in [0.1, 0.15) is 24.5 Å². The summed E-state index contributed by atoms with van der Waals surface area (Å²) in [5.74, 6) is 1.83. The number of benzene rings is 2. The molecule has 3 heteroatoms. The Bertz CT molecular complexity index is 497. The minimum atomic E-state index is 0.601. The number of rotatable bonds is 8. The molecule has 2 aromatic carbocycles. The van der Waals surface area contributed by atoms with Crippen LogP contribution in [0.25, 0.3) is 0 Å². The van der Waals surface area contributed by atoms with Gasteiger partial charge in [0.25, 0.3) is 0 Å². The maximum atomic E-state index is 5.18. The quantitative estimate of drug-likeness (QED) is 0.813. The van der Waals surface area contributed by atoms with Crippen molar-refractivity contribution >= 4 is 0 Å². The van der Waals surface area contributed by atoms with E-state index in [1.165, 1.54) is 17.5 Å². The van der Waals surface area contributed by atoms with Crippen LogP contribution < -0.4 is 14.8 Å². The molecule has 0 aromatic heterocycles. The number of hydrogen-bond donors (Lipinski definition) is 1. The summed E-state index contributed by atoms with van der Waals surface area (Å²) in [4.78, 5) is 0. The van der Waals surface area contributed by atoms with Crippen LogP contribution in [-0.2, 0) is 13.0 Å². The van der Waals surface area contributed by atoms with Crippen LogP contribution in [0, 0.1) is 0 Å². The number of quaternary nitrogens is 1. The van der Waals surface area contributed by atoms with Crippen LogP contribution in [0.4, 0.5) is 0 Å². The van der Waals surface area contributed by atoms with Crippen molar-refractivity contribution < 1.29 is 14.8 Å². The molecular weight excluding hydrogens is 274 g/mol. The monoisotopic (exact) mass is 300 g/mol. The van der Waals surface area contributed by atoms with E-state index in [1.54, 1.807) is 14.2 Å². The summed E-state index contributed by atoms with van der Waals surface area (Å²) < 4.78 is 10.4. The maximum Gasteiger partial charge on any atom is 0.118 e. The number of aryl methyl sites for hydroxylation is 1. The molecule has 0 saturated carbocycles.